The summed E-state index contributed by atoms with van der Waals surface area (Å²) in [5, 5.41) is 7.61. The first kappa shape index (κ1) is 11.1. The highest BCUT2D eigenvalue weighted by Crippen LogP contribution is 2.17. The number of aromatic nitrogens is 2. The molecule has 1 atom stereocenters. The highest BCUT2D eigenvalue weighted by Gasteiger charge is 2.10. The van der Waals surface area contributed by atoms with Gasteiger partial charge in [-0.1, -0.05) is 30.3 Å². The number of benzene rings is 1. The van der Waals surface area contributed by atoms with Crippen LogP contribution in [0.2, 0.25) is 0 Å². The normalized spacial score (nSPS) is 12.6. The Bertz CT molecular complexity index is 439. The number of hydrogen-bond acceptors (Lipinski definition) is 3. The largest absolute Gasteiger partial charge is 0.424 e. The molecule has 0 saturated carbocycles. The quantitative estimate of drug-likeness (QED) is 0.766. The van der Waals surface area contributed by atoms with Crippen molar-refractivity contribution < 1.29 is 4.42 Å². The van der Waals surface area contributed by atoms with Gasteiger partial charge < -0.3 is 4.42 Å². The number of nitrogens with zero attached hydrogens (tertiary/aromatic N) is 2. The molecule has 1 aromatic carbocycles. The van der Waals surface area contributed by atoms with Crippen LogP contribution in [0.1, 0.15) is 29.6 Å². The minimum atomic E-state index is -0.224. The van der Waals surface area contributed by atoms with Crippen LogP contribution in [-0.4, -0.2) is 10.2 Å². The van der Waals surface area contributed by atoms with Gasteiger partial charge in [-0.2, -0.15) is 0 Å². The van der Waals surface area contributed by atoms with Crippen molar-refractivity contribution in [2.45, 2.75) is 25.1 Å². The molecule has 0 aliphatic rings. The third-order valence-corrected chi connectivity index (χ3v) is 2.48. The molecule has 0 spiro atoms. The van der Waals surface area contributed by atoms with Crippen LogP contribution in [0, 0.1) is 0 Å². The Morgan fingerprint density at radius 3 is 2.56 bits per heavy atom. The molecule has 1 heterocycles. The maximum Gasteiger partial charge on any atom is 0.234 e. The molecule has 1 unspecified atom stereocenters. The molecule has 4 heteroatoms. The molecule has 84 valence electrons. The average molecular weight is 237 g/mol. The van der Waals surface area contributed by atoms with E-state index in [4.69, 9.17) is 16.0 Å². The third kappa shape index (κ3) is 2.83. The topological polar surface area (TPSA) is 38.9 Å². The summed E-state index contributed by atoms with van der Waals surface area (Å²) < 4.78 is 5.41. The van der Waals surface area contributed by atoms with Gasteiger partial charge in [-0.25, -0.2) is 0 Å². The SMILES string of the molecule is CC(Cl)c1nnc(CCc2ccccc2)o1. The molecule has 0 aliphatic heterocycles. The molecular weight excluding hydrogens is 224 g/mol. The molecule has 0 saturated heterocycles. The maximum absolute atomic E-state index is 5.84. The van der Waals surface area contributed by atoms with Crippen LogP contribution in [0.3, 0.4) is 0 Å². The van der Waals surface area contributed by atoms with Crippen LogP contribution in [0.5, 0.6) is 0 Å². The summed E-state index contributed by atoms with van der Waals surface area (Å²) in [6, 6.07) is 10.2. The van der Waals surface area contributed by atoms with Crippen molar-refractivity contribution in [2.75, 3.05) is 0 Å². The zero-order chi connectivity index (χ0) is 11.4. The highest BCUT2D eigenvalue weighted by atomic mass is 35.5. The van der Waals surface area contributed by atoms with E-state index < -0.39 is 0 Å². The monoisotopic (exact) mass is 236 g/mol. The van der Waals surface area contributed by atoms with Crippen LogP contribution in [0.15, 0.2) is 34.7 Å². The van der Waals surface area contributed by atoms with Crippen molar-refractivity contribution in [3.05, 3.63) is 47.7 Å². The van der Waals surface area contributed by atoms with Crippen LogP contribution in [0.25, 0.3) is 0 Å². The first-order valence-electron chi connectivity index (χ1n) is 5.26. The number of aryl methyl sites for hydroxylation is 2. The van der Waals surface area contributed by atoms with Crippen molar-refractivity contribution in [1.29, 1.82) is 0 Å². The summed E-state index contributed by atoms with van der Waals surface area (Å²) in [6.07, 6.45) is 1.65. The van der Waals surface area contributed by atoms with E-state index in [1.807, 2.05) is 25.1 Å². The van der Waals surface area contributed by atoms with E-state index in [0.29, 0.717) is 11.8 Å². The second kappa shape index (κ2) is 5.12. The van der Waals surface area contributed by atoms with E-state index >= 15 is 0 Å². The molecule has 2 rings (SSSR count). The fraction of sp³-hybridized carbons (Fsp3) is 0.333. The fourth-order valence-corrected chi connectivity index (χ4v) is 1.51. The highest BCUT2D eigenvalue weighted by molar-refractivity contribution is 6.20. The average Bonchev–Trinajstić information content (AvgIpc) is 2.76. The lowest BCUT2D eigenvalue weighted by molar-refractivity contribution is 0.449. The lowest BCUT2D eigenvalue weighted by atomic mass is 10.1. The lowest BCUT2D eigenvalue weighted by Gasteiger charge is -1.97. The summed E-state index contributed by atoms with van der Waals surface area (Å²) in [6.45, 7) is 1.82. The summed E-state index contributed by atoms with van der Waals surface area (Å²) in [5.41, 5.74) is 1.26. The molecule has 2 aromatic rings. The van der Waals surface area contributed by atoms with E-state index in [9.17, 15) is 0 Å². The summed E-state index contributed by atoms with van der Waals surface area (Å²) in [5.74, 6) is 1.14. The number of rotatable bonds is 4. The molecular formula is C12H13ClN2O. The van der Waals surface area contributed by atoms with Crippen molar-refractivity contribution in [3.8, 4) is 0 Å². The van der Waals surface area contributed by atoms with Gasteiger partial charge in [0.1, 0.15) is 5.38 Å². The maximum atomic E-state index is 5.84. The molecule has 0 fully saturated rings. The van der Waals surface area contributed by atoms with Crippen LogP contribution in [-0.2, 0) is 12.8 Å². The molecule has 16 heavy (non-hydrogen) atoms. The van der Waals surface area contributed by atoms with E-state index in [1.54, 1.807) is 0 Å². The fourth-order valence-electron chi connectivity index (χ4n) is 1.42. The zero-order valence-electron chi connectivity index (χ0n) is 9.06. The number of halogens is 1. The van der Waals surface area contributed by atoms with Crippen molar-refractivity contribution >= 4 is 11.6 Å². The second-order valence-electron chi connectivity index (χ2n) is 3.64. The van der Waals surface area contributed by atoms with Crippen LogP contribution < -0.4 is 0 Å². The molecule has 0 aliphatic carbocycles. The van der Waals surface area contributed by atoms with Crippen LogP contribution in [0.4, 0.5) is 0 Å². The molecule has 0 radical (unpaired) electrons. The van der Waals surface area contributed by atoms with Crippen molar-refractivity contribution in [2.24, 2.45) is 0 Å². The Hall–Kier alpha value is -1.35. The van der Waals surface area contributed by atoms with Gasteiger partial charge in [-0.05, 0) is 18.9 Å². The molecule has 3 nitrogen and oxygen atoms in total. The Morgan fingerprint density at radius 2 is 1.94 bits per heavy atom. The molecule has 0 N–H and O–H groups in total. The van der Waals surface area contributed by atoms with Crippen molar-refractivity contribution in [3.63, 3.8) is 0 Å². The predicted octanol–water partition coefficient (Wildman–Crippen LogP) is 3.15. The predicted molar refractivity (Wildman–Crippen MR) is 62.4 cm³/mol. The van der Waals surface area contributed by atoms with E-state index in [2.05, 4.69) is 22.3 Å². The second-order valence-corrected chi connectivity index (χ2v) is 4.29. The van der Waals surface area contributed by atoms with Gasteiger partial charge >= 0.3 is 0 Å². The number of alkyl halides is 1. The van der Waals surface area contributed by atoms with E-state index in [0.717, 1.165) is 12.8 Å². The minimum Gasteiger partial charge on any atom is -0.424 e. The Labute approximate surface area is 99.5 Å². The van der Waals surface area contributed by atoms with Gasteiger partial charge in [-0.3, -0.25) is 0 Å². The van der Waals surface area contributed by atoms with Gasteiger partial charge in [0.2, 0.25) is 11.8 Å². The minimum absolute atomic E-state index is 0.224. The standard InChI is InChI=1S/C12H13ClN2O/c1-9(13)12-15-14-11(16-12)8-7-10-5-3-2-4-6-10/h2-6,9H,7-8H2,1H3. The van der Waals surface area contributed by atoms with Crippen molar-refractivity contribution in [1.82, 2.24) is 10.2 Å². The van der Waals surface area contributed by atoms with Gasteiger partial charge in [0.15, 0.2) is 0 Å². The summed E-state index contributed by atoms with van der Waals surface area (Å²) >= 11 is 5.84. The van der Waals surface area contributed by atoms with Gasteiger partial charge in [0, 0.05) is 6.42 Å². The Balaban J connectivity index is 1.95. The Kier molecular flexibility index (Phi) is 3.57. The first-order valence-corrected chi connectivity index (χ1v) is 5.69. The first-order chi connectivity index (χ1) is 7.75. The van der Waals surface area contributed by atoms with Crippen LogP contribution >= 0.6 is 11.6 Å². The third-order valence-electron chi connectivity index (χ3n) is 2.29. The number of hydrogen-bond donors (Lipinski definition) is 0. The summed E-state index contributed by atoms with van der Waals surface area (Å²) in [4.78, 5) is 0. The molecule has 0 amide bonds. The van der Waals surface area contributed by atoms with Gasteiger partial charge in [0.25, 0.3) is 0 Å². The zero-order valence-corrected chi connectivity index (χ0v) is 9.81. The van der Waals surface area contributed by atoms with Gasteiger partial charge in [-0.15, -0.1) is 21.8 Å². The van der Waals surface area contributed by atoms with E-state index in [-0.39, 0.29) is 5.38 Å². The van der Waals surface area contributed by atoms with E-state index in [1.165, 1.54) is 5.56 Å². The lowest BCUT2D eigenvalue weighted by Crippen LogP contribution is -1.90. The molecule has 1 aromatic heterocycles. The smallest absolute Gasteiger partial charge is 0.234 e. The Morgan fingerprint density at radius 1 is 1.19 bits per heavy atom. The van der Waals surface area contributed by atoms with Gasteiger partial charge in [0.05, 0.1) is 0 Å². The summed E-state index contributed by atoms with van der Waals surface area (Å²) in [7, 11) is 0. The molecule has 0 bridgehead atoms.